The van der Waals surface area contributed by atoms with E-state index in [-0.39, 0.29) is 11.6 Å². The first kappa shape index (κ1) is 13.1. The third-order valence-electron chi connectivity index (χ3n) is 3.28. The molecule has 0 radical (unpaired) electrons. The summed E-state index contributed by atoms with van der Waals surface area (Å²) in [7, 11) is 0. The van der Waals surface area contributed by atoms with Crippen LogP contribution in [0.25, 0.3) is 0 Å². The topological polar surface area (TPSA) is 65.3 Å². The highest BCUT2D eigenvalue weighted by Crippen LogP contribution is 2.33. The van der Waals surface area contributed by atoms with Crippen molar-refractivity contribution in [3.8, 4) is 11.6 Å². The van der Waals surface area contributed by atoms with Crippen LogP contribution in [0.15, 0.2) is 34.9 Å². The zero-order chi connectivity index (χ0) is 14.1. The zero-order valence-corrected chi connectivity index (χ0v) is 12.1. The van der Waals surface area contributed by atoms with Crippen LogP contribution < -0.4 is 4.74 Å². The third kappa shape index (κ3) is 2.51. The molecule has 20 heavy (non-hydrogen) atoms. The second-order valence-corrected chi connectivity index (χ2v) is 5.54. The molecule has 1 aliphatic rings. The minimum absolute atomic E-state index is 0.0103. The van der Waals surface area contributed by atoms with Gasteiger partial charge in [0.2, 0.25) is 0 Å². The Morgan fingerprint density at radius 1 is 1.25 bits per heavy atom. The molecule has 0 atom stereocenters. The Labute approximate surface area is 123 Å². The maximum absolute atomic E-state index is 11.0. The van der Waals surface area contributed by atoms with Crippen molar-refractivity contribution in [3.05, 3.63) is 56.2 Å². The van der Waals surface area contributed by atoms with Gasteiger partial charge in [-0.2, -0.15) is 0 Å². The summed E-state index contributed by atoms with van der Waals surface area (Å²) < 4.78 is 6.12. The Bertz CT molecular complexity index is 688. The second kappa shape index (κ2) is 5.20. The van der Waals surface area contributed by atoms with Crippen molar-refractivity contribution in [1.82, 2.24) is 4.98 Å². The predicted molar refractivity (Wildman–Crippen MR) is 77.1 cm³/mol. The number of benzene rings is 1. The lowest BCUT2D eigenvalue weighted by Crippen LogP contribution is -1.96. The standard InChI is InChI=1S/C14H11BrN2O3/c15-11-7-13(17(18)19)14(16-8-11)20-12-5-4-9-2-1-3-10(9)6-12/h4-8H,1-3H2. The number of aromatic nitrogens is 1. The van der Waals surface area contributed by atoms with E-state index in [0.717, 1.165) is 19.3 Å². The fourth-order valence-corrected chi connectivity index (χ4v) is 2.67. The van der Waals surface area contributed by atoms with Crippen molar-refractivity contribution in [3.63, 3.8) is 0 Å². The molecule has 0 saturated heterocycles. The number of nitro groups is 1. The summed E-state index contributed by atoms with van der Waals surface area (Å²) in [5, 5.41) is 11.0. The number of rotatable bonds is 3. The molecule has 5 nitrogen and oxygen atoms in total. The van der Waals surface area contributed by atoms with Crippen molar-refractivity contribution in [2.24, 2.45) is 0 Å². The smallest absolute Gasteiger partial charge is 0.332 e. The van der Waals surface area contributed by atoms with Gasteiger partial charge in [-0.05, 0) is 58.5 Å². The molecule has 1 aliphatic carbocycles. The van der Waals surface area contributed by atoms with Gasteiger partial charge < -0.3 is 4.74 Å². The second-order valence-electron chi connectivity index (χ2n) is 4.62. The number of hydrogen-bond acceptors (Lipinski definition) is 4. The maximum Gasteiger partial charge on any atom is 0.332 e. The summed E-state index contributed by atoms with van der Waals surface area (Å²) >= 11 is 3.17. The fourth-order valence-electron chi connectivity index (χ4n) is 2.35. The SMILES string of the molecule is O=[N+]([O-])c1cc(Br)cnc1Oc1ccc2c(c1)CCC2. The average molecular weight is 335 g/mol. The monoisotopic (exact) mass is 334 g/mol. The van der Waals surface area contributed by atoms with Gasteiger partial charge in [0, 0.05) is 16.7 Å². The van der Waals surface area contributed by atoms with Gasteiger partial charge in [0.25, 0.3) is 5.88 Å². The van der Waals surface area contributed by atoms with Crippen molar-refractivity contribution < 1.29 is 9.66 Å². The summed E-state index contributed by atoms with van der Waals surface area (Å²) in [6.45, 7) is 0. The minimum Gasteiger partial charge on any atom is -0.434 e. The molecule has 0 amide bonds. The van der Waals surface area contributed by atoms with Gasteiger partial charge in [-0.25, -0.2) is 4.98 Å². The number of aryl methyl sites for hydroxylation is 2. The van der Waals surface area contributed by atoms with Crippen LogP contribution in [0.5, 0.6) is 11.6 Å². The summed E-state index contributed by atoms with van der Waals surface area (Å²) in [5.74, 6) is 0.597. The van der Waals surface area contributed by atoms with Gasteiger partial charge in [0.1, 0.15) is 5.75 Å². The van der Waals surface area contributed by atoms with Crippen LogP contribution in [-0.2, 0) is 12.8 Å². The van der Waals surface area contributed by atoms with E-state index in [2.05, 4.69) is 20.9 Å². The first-order valence-corrected chi connectivity index (χ1v) is 7.02. The summed E-state index contributed by atoms with van der Waals surface area (Å²) in [4.78, 5) is 14.5. The molecule has 3 rings (SSSR count). The van der Waals surface area contributed by atoms with E-state index in [1.54, 1.807) is 0 Å². The highest BCUT2D eigenvalue weighted by atomic mass is 79.9. The molecule has 0 N–H and O–H groups in total. The van der Waals surface area contributed by atoms with Crippen molar-refractivity contribution in [2.75, 3.05) is 0 Å². The van der Waals surface area contributed by atoms with Crippen molar-refractivity contribution in [1.29, 1.82) is 0 Å². The molecule has 2 aromatic rings. The van der Waals surface area contributed by atoms with Gasteiger partial charge in [-0.15, -0.1) is 0 Å². The number of pyridine rings is 1. The van der Waals surface area contributed by atoms with E-state index in [4.69, 9.17) is 4.74 Å². The lowest BCUT2D eigenvalue weighted by molar-refractivity contribution is -0.386. The first-order valence-electron chi connectivity index (χ1n) is 6.23. The van der Waals surface area contributed by atoms with Crippen LogP contribution in [-0.4, -0.2) is 9.91 Å². The van der Waals surface area contributed by atoms with E-state index in [1.165, 1.54) is 23.4 Å². The predicted octanol–water partition coefficient (Wildman–Crippen LogP) is 4.03. The van der Waals surface area contributed by atoms with Crippen LogP contribution in [0.4, 0.5) is 5.69 Å². The van der Waals surface area contributed by atoms with Gasteiger partial charge in [-0.3, -0.25) is 10.1 Å². The molecule has 0 unspecified atom stereocenters. The molecule has 1 heterocycles. The molecule has 6 heteroatoms. The average Bonchev–Trinajstić information content (AvgIpc) is 2.88. The van der Waals surface area contributed by atoms with Gasteiger partial charge in [0.05, 0.1) is 4.92 Å². The van der Waals surface area contributed by atoms with E-state index < -0.39 is 4.92 Å². The van der Waals surface area contributed by atoms with Crippen molar-refractivity contribution >= 4 is 21.6 Å². The molecule has 1 aromatic heterocycles. The molecule has 1 aromatic carbocycles. The Balaban J connectivity index is 1.93. The van der Waals surface area contributed by atoms with E-state index in [9.17, 15) is 10.1 Å². The van der Waals surface area contributed by atoms with Crippen LogP contribution in [0.3, 0.4) is 0 Å². The van der Waals surface area contributed by atoms with E-state index >= 15 is 0 Å². The number of nitrogens with zero attached hydrogens (tertiary/aromatic N) is 2. The van der Waals surface area contributed by atoms with Crippen LogP contribution in [0, 0.1) is 10.1 Å². The molecule has 0 fully saturated rings. The van der Waals surface area contributed by atoms with Crippen LogP contribution in [0.2, 0.25) is 0 Å². The summed E-state index contributed by atoms with van der Waals surface area (Å²) in [5.41, 5.74) is 2.43. The summed E-state index contributed by atoms with van der Waals surface area (Å²) in [6, 6.07) is 7.17. The highest BCUT2D eigenvalue weighted by molar-refractivity contribution is 9.10. The molecule has 0 saturated carbocycles. The number of halogens is 1. The van der Waals surface area contributed by atoms with E-state index in [0.29, 0.717) is 10.2 Å². The maximum atomic E-state index is 11.0. The minimum atomic E-state index is -0.500. The zero-order valence-electron chi connectivity index (χ0n) is 10.5. The fraction of sp³-hybridized carbons (Fsp3) is 0.214. The first-order chi connectivity index (χ1) is 9.63. The molecule has 0 aliphatic heterocycles. The van der Waals surface area contributed by atoms with Gasteiger partial charge in [0.15, 0.2) is 0 Å². The molecular formula is C14H11BrN2O3. The number of ether oxygens (including phenoxy) is 1. The van der Waals surface area contributed by atoms with Crippen LogP contribution >= 0.6 is 15.9 Å². The lowest BCUT2D eigenvalue weighted by atomic mass is 10.1. The Morgan fingerprint density at radius 2 is 2.05 bits per heavy atom. The summed E-state index contributed by atoms with van der Waals surface area (Å²) in [6.07, 6.45) is 4.75. The largest absolute Gasteiger partial charge is 0.434 e. The number of fused-ring (bicyclic) bond motifs is 1. The van der Waals surface area contributed by atoms with Crippen LogP contribution in [0.1, 0.15) is 17.5 Å². The van der Waals surface area contributed by atoms with Gasteiger partial charge >= 0.3 is 5.69 Å². The van der Waals surface area contributed by atoms with Crippen molar-refractivity contribution in [2.45, 2.75) is 19.3 Å². The highest BCUT2D eigenvalue weighted by Gasteiger charge is 2.19. The Morgan fingerprint density at radius 3 is 2.85 bits per heavy atom. The third-order valence-corrected chi connectivity index (χ3v) is 3.71. The normalized spacial score (nSPS) is 13.1. The quantitative estimate of drug-likeness (QED) is 0.627. The molecule has 0 spiro atoms. The van der Waals surface area contributed by atoms with E-state index in [1.807, 2.05) is 18.2 Å². The Kier molecular flexibility index (Phi) is 3.40. The molecule has 102 valence electrons. The molecular weight excluding hydrogens is 324 g/mol. The lowest BCUT2D eigenvalue weighted by Gasteiger charge is -2.07. The molecule has 0 bridgehead atoms. The van der Waals surface area contributed by atoms with Gasteiger partial charge in [-0.1, -0.05) is 6.07 Å². The Hall–Kier alpha value is -1.95. The number of hydrogen-bond donors (Lipinski definition) is 0.